The third-order valence-corrected chi connectivity index (χ3v) is 4.05. The van der Waals surface area contributed by atoms with Crippen LogP contribution in [-0.2, 0) is 11.4 Å². The number of nitrogens with one attached hydrogen (secondary N) is 1. The number of benzene rings is 2. The molecule has 8 heteroatoms. The van der Waals surface area contributed by atoms with Crippen LogP contribution in [0.25, 0.3) is 0 Å². The monoisotopic (exact) mass is 373 g/mol. The number of amides is 1. The molecule has 6 nitrogen and oxygen atoms in total. The summed E-state index contributed by atoms with van der Waals surface area (Å²) in [5.74, 6) is 0.394. The van der Waals surface area contributed by atoms with Crippen molar-refractivity contribution in [2.45, 2.75) is 18.8 Å². The lowest BCUT2D eigenvalue weighted by atomic mass is 10.2. The summed E-state index contributed by atoms with van der Waals surface area (Å²) in [6.45, 7) is 2.12. The predicted molar refractivity (Wildman–Crippen MR) is 95.6 cm³/mol. The summed E-state index contributed by atoms with van der Waals surface area (Å²) in [6.07, 6.45) is 0. The van der Waals surface area contributed by atoms with Crippen molar-refractivity contribution in [1.29, 1.82) is 0 Å². The number of ether oxygens (including phenoxy) is 1. The fourth-order valence-corrected chi connectivity index (χ4v) is 2.68. The van der Waals surface area contributed by atoms with Gasteiger partial charge in [0, 0.05) is 5.69 Å². The smallest absolute Gasteiger partial charge is 0.277 e. The Labute approximate surface area is 153 Å². The second kappa shape index (κ2) is 8.48. The molecule has 26 heavy (non-hydrogen) atoms. The van der Waals surface area contributed by atoms with Crippen molar-refractivity contribution in [3.05, 3.63) is 65.8 Å². The maximum absolute atomic E-state index is 13.1. The Morgan fingerprint density at radius 2 is 2.08 bits per heavy atom. The Morgan fingerprint density at radius 1 is 1.23 bits per heavy atom. The lowest BCUT2D eigenvalue weighted by molar-refractivity contribution is -0.113. The predicted octanol–water partition coefficient (Wildman–Crippen LogP) is 3.83. The zero-order chi connectivity index (χ0) is 18.4. The van der Waals surface area contributed by atoms with Crippen LogP contribution in [0.5, 0.6) is 5.75 Å². The first kappa shape index (κ1) is 17.9. The number of thioether (sulfide) groups is 1. The lowest BCUT2D eigenvalue weighted by Crippen LogP contribution is -2.14. The van der Waals surface area contributed by atoms with Gasteiger partial charge >= 0.3 is 0 Å². The number of nitrogens with zero attached hydrogens (tertiary/aromatic N) is 2. The van der Waals surface area contributed by atoms with Crippen LogP contribution in [0.15, 0.2) is 58.2 Å². The molecule has 0 fully saturated rings. The molecule has 1 aromatic heterocycles. The van der Waals surface area contributed by atoms with Gasteiger partial charge in [-0.15, -0.1) is 10.2 Å². The fourth-order valence-electron chi connectivity index (χ4n) is 2.10. The van der Waals surface area contributed by atoms with Gasteiger partial charge in [-0.1, -0.05) is 30.0 Å². The molecule has 1 amide bonds. The van der Waals surface area contributed by atoms with Crippen LogP contribution in [0.1, 0.15) is 11.5 Å². The molecule has 134 valence electrons. The molecule has 0 saturated heterocycles. The Hall–Kier alpha value is -2.87. The molecular formula is C18H16FN3O3S. The first-order valence-electron chi connectivity index (χ1n) is 7.78. The number of carbonyl (C=O) groups excluding carboxylic acids is 1. The van der Waals surface area contributed by atoms with E-state index in [0.717, 1.165) is 17.3 Å². The van der Waals surface area contributed by atoms with Gasteiger partial charge in [-0.2, -0.15) is 0 Å². The van der Waals surface area contributed by atoms with E-state index < -0.39 is 5.82 Å². The lowest BCUT2D eigenvalue weighted by Gasteiger charge is -2.04. The van der Waals surface area contributed by atoms with E-state index in [0.29, 0.717) is 17.3 Å². The normalized spacial score (nSPS) is 10.5. The highest BCUT2D eigenvalue weighted by Gasteiger charge is 2.11. The van der Waals surface area contributed by atoms with Crippen LogP contribution in [0.4, 0.5) is 10.1 Å². The minimum atomic E-state index is -0.411. The average Bonchev–Trinajstić information content (AvgIpc) is 3.06. The number of rotatable bonds is 7. The number of aryl methyl sites for hydroxylation is 1. The van der Waals surface area contributed by atoms with Gasteiger partial charge in [0.25, 0.3) is 11.1 Å². The summed E-state index contributed by atoms with van der Waals surface area (Å²) in [5, 5.41) is 10.6. The fraction of sp³-hybridized carbons (Fsp3) is 0.167. The van der Waals surface area contributed by atoms with Crippen LogP contribution in [-0.4, -0.2) is 21.9 Å². The van der Waals surface area contributed by atoms with Crippen molar-refractivity contribution < 1.29 is 18.3 Å². The Bertz CT molecular complexity index is 901. The number of aromatic nitrogens is 2. The van der Waals surface area contributed by atoms with Gasteiger partial charge in [0.2, 0.25) is 5.91 Å². The first-order valence-corrected chi connectivity index (χ1v) is 8.77. The molecule has 1 N–H and O–H groups in total. The van der Waals surface area contributed by atoms with Crippen LogP contribution in [0.2, 0.25) is 0 Å². The summed E-state index contributed by atoms with van der Waals surface area (Å²) < 4.78 is 24.1. The highest BCUT2D eigenvalue weighted by atomic mass is 32.2. The Morgan fingerprint density at radius 3 is 2.88 bits per heavy atom. The van der Waals surface area contributed by atoms with Crippen molar-refractivity contribution in [2.24, 2.45) is 0 Å². The molecule has 0 atom stereocenters. The van der Waals surface area contributed by atoms with Crippen molar-refractivity contribution in [1.82, 2.24) is 10.2 Å². The van der Waals surface area contributed by atoms with Gasteiger partial charge in [0.05, 0.1) is 5.75 Å². The third kappa shape index (κ3) is 5.32. The van der Waals surface area contributed by atoms with E-state index in [-0.39, 0.29) is 23.5 Å². The van der Waals surface area contributed by atoms with Gasteiger partial charge in [0.1, 0.15) is 11.6 Å². The Balaban J connectivity index is 1.46. The summed E-state index contributed by atoms with van der Waals surface area (Å²) in [6, 6.07) is 13.3. The molecule has 0 radical (unpaired) electrons. The van der Waals surface area contributed by atoms with Crippen LogP contribution in [0, 0.1) is 12.7 Å². The molecule has 1 heterocycles. The van der Waals surface area contributed by atoms with E-state index in [1.807, 2.05) is 31.2 Å². The SMILES string of the molecule is Cc1cccc(OCc2nnc(SCC(=O)Nc3cccc(F)c3)o2)c1. The number of halogens is 1. The maximum Gasteiger partial charge on any atom is 0.277 e. The van der Waals surface area contributed by atoms with E-state index in [1.165, 1.54) is 18.2 Å². The molecule has 3 rings (SSSR count). The second-order valence-corrected chi connectivity index (χ2v) is 6.34. The number of anilines is 1. The maximum atomic E-state index is 13.1. The second-order valence-electron chi connectivity index (χ2n) is 5.41. The molecule has 0 bridgehead atoms. The minimum Gasteiger partial charge on any atom is -0.484 e. The van der Waals surface area contributed by atoms with Crippen LogP contribution in [0.3, 0.4) is 0 Å². The molecule has 0 aliphatic heterocycles. The zero-order valence-corrected chi connectivity index (χ0v) is 14.8. The van der Waals surface area contributed by atoms with Crippen LogP contribution >= 0.6 is 11.8 Å². The summed E-state index contributed by atoms with van der Waals surface area (Å²) in [5.41, 5.74) is 1.49. The van der Waals surface area contributed by atoms with Crippen molar-refractivity contribution in [3.63, 3.8) is 0 Å². The van der Waals surface area contributed by atoms with E-state index in [2.05, 4.69) is 15.5 Å². The van der Waals surface area contributed by atoms with E-state index >= 15 is 0 Å². The number of hydrogen-bond donors (Lipinski definition) is 1. The van der Waals surface area contributed by atoms with E-state index in [1.54, 1.807) is 6.07 Å². The molecule has 0 unspecified atom stereocenters. The Kier molecular flexibility index (Phi) is 5.85. The molecule has 3 aromatic rings. The van der Waals surface area contributed by atoms with Gasteiger partial charge in [-0.3, -0.25) is 4.79 Å². The van der Waals surface area contributed by atoms with Crippen molar-refractivity contribution >= 4 is 23.4 Å². The molecule has 0 aliphatic carbocycles. The van der Waals surface area contributed by atoms with Crippen LogP contribution < -0.4 is 10.1 Å². The van der Waals surface area contributed by atoms with Gasteiger partial charge in [-0.25, -0.2) is 4.39 Å². The standard InChI is InChI=1S/C18H16FN3O3S/c1-12-4-2-7-15(8-12)24-10-17-21-22-18(25-17)26-11-16(23)20-14-6-3-5-13(19)9-14/h2-9H,10-11H2,1H3,(H,20,23). The molecule has 2 aromatic carbocycles. The van der Waals surface area contributed by atoms with Gasteiger partial charge in [0.15, 0.2) is 6.61 Å². The molecule has 0 saturated carbocycles. The van der Waals surface area contributed by atoms with Crippen molar-refractivity contribution in [3.8, 4) is 5.75 Å². The van der Waals surface area contributed by atoms with E-state index in [9.17, 15) is 9.18 Å². The van der Waals surface area contributed by atoms with Gasteiger partial charge < -0.3 is 14.5 Å². The van der Waals surface area contributed by atoms with Gasteiger partial charge in [-0.05, 0) is 42.8 Å². The topological polar surface area (TPSA) is 77.2 Å². The number of carbonyl (C=O) groups is 1. The molecular weight excluding hydrogens is 357 g/mol. The average molecular weight is 373 g/mol. The highest BCUT2D eigenvalue weighted by molar-refractivity contribution is 7.99. The highest BCUT2D eigenvalue weighted by Crippen LogP contribution is 2.19. The third-order valence-electron chi connectivity index (χ3n) is 3.24. The largest absolute Gasteiger partial charge is 0.484 e. The molecule has 0 aliphatic rings. The minimum absolute atomic E-state index is 0.0664. The molecule has 0 spiro atoms. The summed E-state index contributed by atoms with van der Waals surface area (Å²) in [4.78, 5) is 11.9. The summed E-state index contributed by atoms with van der Waals surface area (Å²) in [7, 11) is 0. The van der Waals surface area contributed by atoms with E-state index in [4.69, 9.17) is 9.15 Å². The number of hydrogen-bond acceptors (Lipinski definition) is 6. The first-order chi connectivity index (χ1) is 12.6. The quantitative estimate of drug-likeness (QED) is 0.634. The summed E-state index contributed by atoms with van der Waals surface area (Å²) >= 11 is 1.10. The van der Waals surface area contributed by atoms with Crippen molar-refractivity contribution in [2.75, 3.05) is 11.1 Å². The zero-order valence-electron chi connectivity index (χ0n) is 13.9.